The van der Waals surface area contributed by atoms with E-state index in [-0.39, 0.29) is 11.8 Å². The van der Waals surface area contributed by atoms with Crippen LogP contribution < -0.4 is 15.4 Å². The maximum Gasteiger partial charge on any atom is 0.251 e. The Balaban J connectivity index is 1.75. The number of halogens is 1. The molecule has 0 saturated carbocycles. The lowest BCUT2D eigenvalue weighted by Crippen LogP contribution is -2.34. The van der Waals surface area contributed by atoms with Crippen LogP contribution in [0, 0.1) is 0 Å². The van der Waals surface area contributed by atoms with E-state index in [1.165, 1.54) is 0 Å². The number of ether oxygens (including phenoxy) is 1. The van der Waals surface area contributed by atoms with Gasteiger partial charge in [0.25, 0.3) is 11.8 Å². The van der Waals surface area contributed by atoms with Gasteiger partial charge in [0.1, 0.15) is 5.75 Å². The Labute approximate surface area is 139 Å². The molecule has 0 atom stereocenters. The monoisotopic (exact) mass is 332 g/mol. The van der Waals surface area contributed by atoms with Crippen LogP contribution in [-0.4, -0.2) is 32.0 Å². The molecule has 2 N–H and O–H groups in total. The van der Waals surface area contributed by atoms with Crippen LogP contribution in [0.15, 0.2) is 48.5 Å². The quantitative estimate of drug-likeness (QED) is 0.799. The van der Waals surface area contributed by atoms with Crippen molar-refractivity contribution in [1.82, 2.24) is 10.6 Å². The van der Waals surface area contributed by atoms with Crippen molar-refractivity contribution in [2.45, 2.75) is 0 Å². The third kappa shape index (κ3) is 5.00. The van der Waals surface area contributed by atoms with Gasteiger partial charge in [0.15, 0.2) is 0 Å². The van der Waals surface area contributed by atoms with E-state index in [1.807, 2.05) is 0 Å². The van der Waals surface area contributed by atoms with Gasteiger partial charge in [-0.1, -0.05) is 11.6 Å². The number of hydrogen-bond donors (Lipinski definition) is 2. The molecule has 0 aliphatic rings. The van der Waals surface area contributed by atoms with Crippen LogP contribution in [-0.2, 0) is 0 Å². The molecule has 2 amide bonds. The standard InChI is InChI=1S/C17H17ClN2O3/c1-23-15-8-4-13(5-9-15)17(22)20-11-10-19-16(21)12-2-6-14(18)7-3-12/h2-9H,10-11H2,1H3,(H,19,21)(H,20,22). The minimum Gasteiger partial charge on any atom is -0.497 e. The number of carbonyl (C=O) groups is 2. The molecule has 5 nitrogen and oxygen atoms in total. The molecule has 0 aliphatic carbocycles. The van der Waals surface area contributed by atoms with E-state index in [1.54, 1.807) is 55.6 Å². The smallest absolute Gasteiger partial charge is 0.251 e. The van der Waals surface area contributed by atoms with E-state index in [9.17, 15) is 9.59 Å². The Bertz CT molecular complexity index is 669. The van der Waals surface area contributed by atoms with Crippen molar-refractivity contribution in [3.63, 3.8) is 0 Å². The van der Waals surface area contributed by atoms with Gasteiger partial charge in [-0.15, -0.1) is 0 Å². The summed E-state index contributed by atoms with van der Waals surface area (Å²) >= 11 is 5.77. The molecule has 0 aliphatic heterocycles. The Kier molecular flexibility index (Phi) is 6.00. The van der Waals surface area contributed by atoms with Crippen molar-refractivity contribution in [2.24, 2.45) is 0 Å². The third-order valence-electron chi connectivity index (χ3n) is 3.15. The Hall–Kier alpha value is -2.53. The molecular formula is C17H17ClN2O3. The number of benzene rings is 2. The lowest BCUT2D eigenvalue weighted by atomic mass is 10.2. The van der Waals surface area contributed by atoms with E-state index in [2.05, 4.69) is 10.6 Å². The van der Waals surface area contributed by atoms with Gasteiger partial charge >= 0.3 is 0 Å². The molecule has 0 saturated heterocycles. The van der Waals surface area contributed by atoms with Gasteiger partial charge in [0.2, 0.25) is 0 Å². The minimum absolute atomic E-state index is 0.201. The van der Waals surface area contributed by atoms with Crippen molar-refractivity contribution < 1.29 is 14.3 Å². The van der Waals surface area contributed by atoms with Crippen LogP contribution >= 0.6 is 11.6 Å². The fourth-order valence-corrected chi connectivity index (χ4v) is 2.03. The molecule has 6 heteroatoms. The molecule has 0 bridgehead atoms. The highest BCUT2D eigenvalue weighted by Gasteiger charge is 2.06. The molecule has 0 unspecified atom stereocenters. The molecular weight excluding hydrogens is 316 g/mol. The molecule has 0 radical (unpaired) electrons. The van der Waals surface area contributed by atoms with Crippen LogP contribution in [0.2, 0.25) is 5.02 Å². The first kappa shape index (κ1) is 16.8. The largest absolute Gasteiger partial charge is 0.497 e. The van der Waals surface area contributed by atoms with Crippen LogP contribution in [0.1, 0.15) is 20.7 Å². The first-order valence-electron chi connectivity index (χ1n) is 7.06. The molecule has 120 valence electrons. The second-order valence-corrected chi connectivity index (χ2v) is 5.18. The van der Waals surface area contributed by atoms with Crippen molar-refractivity contribution in [3.05, 3.63) is 64.7 Å². The highest BCUT2D eigenvalue weighted by atomic mass is 35.5. The molecule has 2 rings (SSSR count). The molecule has 2 aromatic carbocycles. The lowest BCUT2D eigenvalue weighted by Gasteiger charge is -2.08. The highest BCUT2D eigenvalue weighted by Crippen LogP contribution is 2.11. The normalized spacial score (nSPS) is 10.0. The number of amides is 2. The summed E-state index contributed by atoms with van der Waals surface area (Å²) in [6, 6.07) is 13.4. The zero-order valence-electron chi connectivity index (χ0n) is 12.6. The molecule has 0 spiro atoms. The third-order valence-corrected chi connectivity index (χ3v) is 3.41. The first-order chi connectivity index (χ1) is 11.1. The number of methoxy groups -OCH3 is 1. The Morgan fingerprint density at radius 1 is 0.870 bits per heavy atom. The average Bonchev–Trinajstić information content (AvgIpc) is 2.59. The van der Waals surface area contributed by atoms with Crippen molar-refractivity contribution in [1.29, 1.82) is 0 Å². The summed E-state index contributed by atoms with van der Waals surface area (Å²) in [6.45, 7) is 0.674. The summed E-state index contributed by atoms with van der Waals surface area (Å²) in [7, 11) is 1.57. The van der Waals surface area contributed by atoms with E-state index < -0.39 is 0 Å². The number of carbonyl (C=O) groups excluding carboxylic acids is 2. The van der Waals surface area contributed by atoms with Gasteiger partial charge in [0.05, 0.1) is 7.11 Å². The van der Waals surface area contributed by atoms with Crippen molar-refractivity contribution in [2.75, 3.05) is 20.2 Å². The average molecular weight is 333 g/mol. The predicted molar refractivity (Wildman–Crippen MR) is 89.1 cm³/mol. The summed E-state index contributed by atoms with van der Waals surface area (Å²) < 4.78 is 5.04. The molecule has 0 aromatic heterocycles. The van der Waals surface area contributed by atoms with Gasteiger partial charge in [-0.3, -0.25) is 9.59 Å². The van der Waals surface area contributed by atoms with E-state index in [0.29, 0.717) is 35.0 Å². The Morgan fingerprint density at radius 3 is 1.74 bits per heavy atom. The minimum atomic E-state index is -0.208. The molecule has 0 heterocycles. The molecule has 23 heavy (non-hydrogen) atoms. The van der Waals surface area contributed by atoms with Crippen LogP contribution in [0.3, 0.4) is 0 Å². The summed E-state index contributed by atoms with van der Waals surface area (Å²) in [5.41, 5.74) is 1.06. The maximum atomic E-state index is 11.9. The van der Waals surface area contributed by atoms with Crippen molar-refractivity contribution >= 4 is 23.4 Å². The summed E-state index contributed by atoms with van der Waals surface area (Å²) in [5.74, 6) is 0.283. The molecule has 0 fully saturated rings. The topological polar surface area (TPSA) is 67.4 Å². The predicted octanol–water partition coefficient (Wildman–Crippen LogP) is 2.51. The van der Waals surface area contributed by atoms with Gasteiger partial charge in [-0.05, 0) is 48.5 Å². The van der Waals surface area contributed by atoms with E-state index in [0.717, 1.165) is 0 Å². The van der Waals surface area contributed by atoms with Gasteiger partial charge in [-0.25, -0.2) is 0 Å². The Morgan fingerprint density at radius 2 is 1.30 bits per heavy atom. The molecule has 2 aromatic rings. The van der Waals surface area contributed by atoms with Gasteiger partial charge in [-0.2, -0.15) is 0 Å². The SMILES string of the molecule is COc1ccc(C(=O)NCCNC(=O)c2ccc(Cl)cc2)cc1. The first-order valence-corrected chi connectivity index (χ1v) is 7.44. The van der Waals surface area contributed by atoms with E-state index in [4.69, 9.17) is 16.3 Å². The van der Waals surface area contributed by atoms with Gasteiger partial charge in [0, 0.05) is 29.2 Å². The highest BCUT2D eigenvalue weighted by molar-refractivity contribution is 6.30. The zero-order chi connectivity index (χ0) is 16.7. The van der Waals surface area contributed by atoms with Gasteiger partial charge < -0.3 is 15.4 Å². The fourth-order valence-electron chi connectivity index (χ4n) is 1.90. The van der Waals surface area contributed by atoms with Crippen LogP contribution in [0.25, 0.3) is 0 Å². The summed E-state index contributed by atoms with van der Waals surface area (Å²) in [4.78, 5) is 23.8. The van der Waals surface area contributed by atoms with Crippen LogP contribution in [0.5, 0.6) is 5.75 Å². The lowest BCUT2D eigenvalue weighted by molar-refractivity contribution is 0.0927. The maximum absolute atomic E-state index is 11.9. The van der Waals surface area contributed by atoms with Crippen molar-refractivity contribution in [3.8, 4) is 5.75 Å². The number of hydrogen-bond acceptors (Lipinski definition) is 3. The second-order valence-electron chi connectivity index (χ2n) is 4.75. The summed E-state index contributed by atoms with van der Waals surface area (Å²) in [6.07, 6.45) is 0. The second kappa shape index (κ2) is 8.19. The zero-order valence-corrected chi connectivity index (χ0v) is 13.4. The summed E-state index contributed by atoms with van der Waals surface area (Å²) in [5, 5.41) is 6.04. The number of nitrogens with one attached hydrogen (secondary N) is 2. The number of rotatable bonds is 6. The fraction of sp³-hybridized carbons (Fsp3) is 0.176. The van der Waals surface area contributed by atoms with Crippen LogP contribution in [0.4, 0.5) is 0 Å². The van der Waals surface area contributed by atoms with E-state index >= 15 is 0 Å².